The van der Waals surface area contributed by atoms with Gasteiger partial charge in [0.15, 0.2) is 6.04 Å². The molecular formula is C14H15N3O3S3. The third kappa shape index (κ3) is 3.77. The Bertz CT molecular complexity index is 832. The summed E-state index contributed by atoms with van der Waals surface area (Å²) in [5.74, 6) is -0.544. The molecule has 0 fully saturated rings. The highest BCUT2D eigenvalue weighted by atomic mass is 32.2. The van der Waals surface area contributed by atoms with Crippen molar-refractivity contribution in [3.05, 3.63) is 33.0 Å². The summed E-state index contributed by atoms with van der Waals surface area (Å²) in [7, 11) is -3.46. The number of nitrogens with one attached hydrogen (secondary N) is 1. The van der Waals surface area contributed by atoms with Gasteiger partial charge in [-0.3, -0.25) is 4.79 Å². The topological polar surface area (TPSA) is 99.9 Å². The number of thiazole rings is 1. The smallest absolute Gasteiger partial charge is 0.264 e. The Morgan fingerprint density at radius 2 is 2.22 bits per heavy atom. The van der Waals surface area contributed by atoms with E-state index >= 15 is 0 Å². The SMILES string of the molecule is CCc1nc(S(=O)(=O)CC)sc1C(=O)NC(C#N)c1cccs1. The van der Waals surface area contributed by atoms with E-state index in [9.17, 15) is 18.5 Å². The molecule has 0 radical (unpaired) electrons. The second-order valence-corrected chi connectivity index (χ2v) is 8.99. The van der Waals surface area contributed by atoms with Gasteiger partial charge in [0.2, 0.25) is 14.2 Å². The number of aryl methyl sites for hydroxylation is 1. The minimum atomic E-state index is -3.46. The van der Waals surface area contributed by atoms with Crippen molar-refractivity contribution in [2.75, 3.05) is 5.75 Å². The van der Waals surface area contributed by atoms with Crippen LogP contribution in [0.25, 0.3) is 0 Å². The fourth-order valence-electron chi connectivity index (χ4n) is 1.82. The molecule has 0 aliphatic rings. The molecule has 0 saturated heterocycles. The zero-order chi connectivity index (χ0) is 17.0. The quantitative estimate of drug-likeness (QED) is 0.843. The van der Waals surface area contributed by atoms with Crippen LogP contribution < -0.4 is 5.32 Å². The Morgan fingerprint density at radius 3 is 2.74 bits per heavy atom. The molecule has 1 unspecified atom stereocenters. The van der Waals surface area contributed by atoms with Gasteiger partial charge >= 0.3 is 0 Å². The molecule has 0 spiro atoms. The first kappa shape index (κ1) is 17.6. The number of carbonyl (C=O) groups excluding carboxylic acids is 1. The van der Waals surface area contributed by atoms with Crippen LogP contribution in [0.15, 0.2) is 21.9 Å². The summed E-state index contributed by atoms with van der Waals surface area (Å²) in [6.45, 7) is 3.33. The fourth-order valence-corrected chi connectivity index (χ4v) is 4.94. The first-order chi connectivity index (χ1) is 10.9. The lowest BCUT2D eigenvalue weighted by atomic mass is 10.2. The molecule has 0 aliphatic heterocycles. The molecule has 0 aliphatic carbocycles. The summed E-state index contributed by atoms with van der Waals surface area (Å²) in [5, 5.41) is 13.7. The lowest BCUT2D eigenvalue weighted by Crippen LogP contribution is -2.27. The lowest BCUT2D eigenvalue weighted by molar-refractivity contribution is 0.0948. The van der Waals surface area contributed by atoms with E-state index in [-0.39, 0.29) is 15.0 Å². The van der Waals surface area contributed by atoms with Crippen LogP contribution >= 0.6 is 22.7 Å². The van der Waals surface area contributed by atoms with Crippen molar-refractivity contribution >= 4 is 38.4 Å². The van der Waals surface area contributed by atoms with Crippen LogP contribution in [0.1, 0.15) is 40.1 Å². The molecule has 122 valence electrons. The molecule has 0 bridgehead atoms. The van der Waals surface area contributed by atoms with Gasteiger partial charge in [0.05, 0.1) is 17.5 Å². The predicted molar refractivity (Wildman–Crippen MR) is 89.4 cm³/mol. The van der Waals surface area contributed by atoms with Gasteiger partial charge in [0.1, 0.15) is 4.88 Å². The van der Waals surface area contributed by atoms with Gasteiger partial charge in [-0.15, -0.1) is 11.3 Å². The number of rotatable bonds is 6. The zero-order valence-corrected chi connectivity index (χ0v) is 15.0. The summed E-state index contributed by atoms with van der Waals surface area (Å²) in [6, 6.07) is 4.83. The second kappa shape index (κ2) is 7.21. The molecule has 2 aromatic heterocycles. The lowest BCUT2D eigenvalue weighted by Gasteiger charge is -2.09. The summed E-state index contributed by atoms with van der Waals surface area (Å²) in [4.78, 5) is 17.5. The third-order valence-corrected chi connectivity index (χ3v) is 7.32. The Labute approximate surface area is 142 Å². The van der Waals surface area contributed by atoms with Gasteiger partial charge in [-0.25, -0.2) is 13.4 Å². The van der Waals surface area contributed by atoms with E-state index in [2.05, 4.69) is 10.3 Å². The average molecular weight is 369 g/mol. The largest absolute Gasteiger partial charge is 0.331 e. The van der Waals surface area contributed by atoms with Gasteiger partial charge in [-0.05, 0) is 17.9 Å². The summed E-state index contributed by atoms with van der Waals surface area (Å²) < 4.78 is 23.8. The minimum absolute atomic E-state index is 0.0494. The molecule has 0 aromatic carbocycles. The molecule has 2 aromatic rings. The number of thiophene rings is 1. The van der Waals surface area contributed by atoms with Crippen LogP contribution in [0.2, 0.25) is 0 Å². The maximum atomic E-state index is 12.4. The number of hydrogen-bond donors (Lipinski definition) is 1. The Balaban J connectivity index is 2.31. The normalized spacial score (nSPS) is 12.6. The summed E-state index contributed by atoms with van der Waals surface area (Å²) in [6.07, 6.45) is 0.439. The number of carbonyl (C=O) groups is 1. The van der Waals surface area contributed by atoms with Crippen molar-refractivity contribution < 1.29 is 13.2 Å². The molecule has 1 N–H and O–H groups in total. The highest BCUT2D eigenvalue weighted by Crippen LogP contribution is 2.25. The second-order valence-electron chi connectivity index (χ2n) is 4.56. The number of aromatic nitrogens is 1. The zero-order valence-electron chi connectivity index (χ0n) is 12.6. The van der Waals surface area contributed by atoms with Gasteiger partial charge in [0.25, 0.3) is 5.91 Å². The Morgan fingerprint density at radius 1 is 1.48 bits per heavy atom. The molecule has 23 heavy (non-hydrogen) atoms. The standard InChI is InChI=1S/C14H15N3O3S3/c1-3-9-12(22-14(17-9)23(19,20)4-2)13(18)16-10(8-15)11-6-5-7-21-11/h5-7,10H,3-4H2,1-2H3,(H,16,18). The maximum Gasteiger partial charge on any atom is 0.264 e. The van der Waals surface area contributed by atoms with E-state index in [1.165, 1.54) is 18.3 Å². The maximum absolute atomic E-state index is 12.4. The molecule has 9 heteroatoms. The highest BCUT2D eigenvalue weighted by Gasteiger charge is 2.25. The highest BCUT2D eigenvalue weighted by molar-refractivity contribution is 7.93. The van der Waals surface area contributed by atoms with Gasteiger partial charge in [-0.1, -0.05) is 31.3 Å². The van der Waals surface area contributed by atoms with Crippen molar-refractivity contribution in [3.8, 4) is 6.07 Å². The number of hydrogen-bond acceptors (Lipinski definition) is 7. The molecule has 0 saturated carbocycles. The van der Waals surface area contributed by atoms with Gasteiger partial charge < -0.3 is 5.32 Å². The molecule has 1 atom stereocenters. The Kier molecular flexibility index (Phi) is 5.51. The summed E-state index contributed by atoms with van der Waals surface area (Å²) in [5.41, 5.74) is 0.433. The van der Waals surface area contributed by atoms with Crippen LogP contribution in [0, 0.1) is 11.3 Å². The van der Waals surface area contributed by atoms with Crippen LogP contribution in [-0.2, 0) is 16.3 Å². The van der Waals surface area contributed by atoms with Crippen LogP contribution in [-0.4, -0.2) is 25.1 Å². The van der Waals surface area contributed by atoms with E-state index in [0.29, 0.717) is 12.1 Å². The van der Waals surface area contributed by atoms with Crippen molar-refractivity contribution in [1.82, 2.24) is 10.3 Å². The van der Waals surface area contributed by atoms with Gasteiger partial charge in [-0.2, -0.15) is 5.26 Å². The van der Waals surface area contributed by atoms with Crippen LogP contribution in [0.5, 0.6) is 0 Å². The van der Waals surface area contributed by atoms with Crippen molar-refractivity contribution in [2.24, 2.45) is 0 Å². The minimum Gasteiger partial charge on any atom is -0.331 e. The number of amides is 1. The molecular weight excluding hydrogens is 354 g/mol. The number of sulfone groups is 1. The van der Waals surface area contributed by atoms with Crippen LogP contribution in [0.4, 0.5) is 0 Å². The molecule has 2 heterocycles. The molecule has 6 nitrogen and oxygen atoms in total. The van der Waals surface area contributed by atoms with E-state index in [4.69, 9.17) is 0 Å². The summed E-state index contributed by atoms with van der Waals surface area (Å²) >= 11 is 2.23. The first-order valence-corrected chi connectivity index (χ1v) is 10.2. The van der Waals surface area contributed by atoms with E-state index in [1.54, 1.807) is 19.1 Å². The predicted octanol–water partition coefficient (Wildman–Crippen LogP) is 2.56. The van der Waals surface area contributed by atoms with Crippen LogP contribution in [0.3, 0.4) is 0 Å². The fraction of sp³-hybridized carbons (Fsp3) is 0.357. The average Bonchev–Trinajstić information content (AvgIpc) is 3.21. The van der Waals surface area contributed by atoms with Crippen molar-refractivity contribution in [1.29, 1.82) is 5.26 Å². The number of nitriles is 1. The van der Waals surface area contributed by atoms with Crippen molar-refractivity contribution in [3.63, 3.8) is 0 Å². The Hall–Kier alpha value is -1.76. The molecule has 2 rings (SSSR count). The molecule has 1 amide bonds. The van der Waals surface area contributed by atoms with Crippen molar-refractivity contribution in [2.45, 2.75) is 30.6 Å². The van der Waals surface area contributed by atoms with E-state index in [0.717, 1.165) is 16.2 Å². The van der Waals surface area contributed by atoms with E-state index in [1.807, 2.05) is 11.4 Å². The number of nitrogens with zero attached hydrogens (tertiary/aromatic N) is 2. The van der Waals surface area contributed by atoms with E-state index < -0.39 is 21.8 Å². The third-order valence-electron chi connectivity index (χ3n) is 3.10. The van der Waals surface area contributed by atoms with Gasteiger partial charge in [0, 0.05) is 4.88 Å². The monoisotopic (exact) mass is 369 g/mol. The first-order valence-electron chi connectivity index (χ1n) is 6.89.